The highest BCUT2D eigenvalue weighted by Crippen LogP contribution is 2.47. The number of anilines is 1. The molecule has 0 bridgehead atoms. The van der Waals surface area contributed by atoms with Crippen LogP contribution in [0.4, 0.5) is 14.5 Å². The normalized spacial score (nSPS) is 24.0. The summed E-state index contributed by atoms with van der Waals surface area (Å²) in [4.78, 5) is 58.5. The van der Waals surface area contributed by atoms with Crippen molar-refractivity contribution in [2.24, 2.45) is 11.8 Å². The molecule has 204 valence electrons. The summed E-state index contributed by atoms with van der Waals surface area (Å²) in [5.41, 5.74) is 0.308. The van der Waals surface area contributed by atoms with Gasteiger partial charge in [0.05, 0.1) is 6.42 Å². The van der Waals surface area contributed by atoms with Crippen molar-refractivity contribution in [3.8, 4) is 0 Å². The highest BCUT2D eigenvalue weighted by atomic mass is 19.3. The lowest BCUT2D eigenvalue weighted by atomic mass is 9.80. The number of nitrogens with zero attached hydrogens (tertiary/aromatic N) is 3. The predicted molar refractivity (Wildman–Crippen MR) is 135 cm³/mol. The van der Waals surface area contributed by atoms with Crippen LogP contribution < -0.4 is 10.6 Å². The number of para-hydroxylation sites is 1. The zero-order chi connectivity index (χ0) is 28.0. The Morgan fingerprint density at radius 2 is 1.92 bits per heavy atom. The van der Waals surface area contributed by atoms with Gasteiger partial charge in [-0.15, -0.1) is 0 Å². The van der Waals surface area contributed by atoms with Crippen LogP contribution in [0.15, 0.2) is 24.3 Å². The molecule has 2 fully saturated rings. The molecule has 4 rings (SSSR count). The van der Waals surface area contributed by atoms with E-state index in [1.54, 1.807) is 18.2 Å². The second kappa shape index (κ2) is 9.97. The van der Waals surface area contributed by atoms with Gasteiger partial charge in [0.2, 0.25) is 11.8 Å². The maximum Gasteiger partial charge on any atom is 0.327 e. The molecular weight excluding hydrogens is 496 g/mol. The Bertz CT molecular complexity index is 1190. The summed E-state index contributed by atoms with van der Waals surface area (Å²) >= 11 is 0. The van der Waals surface area contributed by atoms with E-state index in [2.05, 4.69) is 15.5 Å². The number of halogens is 2. The molecule has 1 saturated carbocycles. The Morgan fingerprint density at radius 1 is 1.26 bits per heavy atom. The fourth-order valence-corrected chi connectivity index (χ4v) is 5.46. The predicted octanol–water partition coefficient (Wildman–Crippen LogP) is 2.78. The maximum atomic E-state index is 14.2. The minimum atomic E-state index is -3.55. The van der Waals surface area contributed by atoms with Crippen molar-refractivity contribution in [1.29, 1.82) is 0 Å². The Balaban J connectivity index is 1.55. The van der Waals surface area contributed by atoms with E-state index in [1.807, 2.05) is 19.9 Å². The summed E-state index contributed by atoms with van der Waals surface area (Å²) in [5, 5.41) is 4.96. The molecule has 3 aliphatic rings. The van der Waals surface area contributed by atoms with Gasteiger partial charge in [0, 0.05) is 25.2 Å². The molecule has 1 aliphatic carbocycles. The van der Waals surface area contributed by atoms with Gasteiger partial charge in [-0.25, -0.2) is 6.57 Å². The summed E-state index contributed by atoms with van der Waals surface area (Å²) in [6, 6.07) is 4.89. The average molecular weight is 530 g/mol. The third-order valence-electron chi connectivity index (χ3n) is 7.79. The van der Waals surface area contributed by atoms with Crippen molar-refractivity contribution in [1.82, 2.24) is 15.1 Å². The quantitative estimate of drug-likeness (QED) is 0.506. The fourth-order valence-electron chi connectivity index (χ4n) is 5.46. The molecule has 38 heavy (non-hydrogen) atoms. The van der Waals surface area contributed by atoms with Gasteiger partial charge in [0.1, 0.15) is 17.5 Å². The highest BCUT2D eigenvalue weighted by molar-refractivity contribution is 6.07. The lowest BCUT2D eigenvalue weighted by Gasteiger charge is -2.34. The number of nitrogens with one attached hydrogen (secondary N) is 2. The van der Waals surface area contributed by atoms with Crippen LogP contribution in [0, 0.1) is 18.4 Å². The van der Waals surface area contributed by atoms with Gasteiger partial charge in [-0.2, -0.15) is 8.78 Å². The monoisotopic (exact) mass is 529 g/mol. The van der Waals surface area contributed by atoms with Crippen molar-refractivity contribution < 1.29 is 28.0 Å². The number of rotatable bonds is 8. The summed E-state index contributed by atoms with van der Waals surface area (Å²) in [6.45, 7) is 12.8. The van der Waals surface area contributed by atoms with Crippen LogP contribution in [-0.4, -0.2) is 71.2 Å². The molecule has 1 saturated heterocycles. The number of benzene rings is 1. The van der Waals surface area contributed by atoms with Crippen LogP contribution >= 0.6 is 0 Å². The number of carbonyl (C=O) groups excluding carboxylic acids is 4. The van der Waals surface area contributed by atoms with E-state index in [1.165, 1.54) is 18.9 Å². The van der Waals surface area contributed by atoms with E-state index in [-0.39, 0.29) is 44.1 Å². The van der Waals surface area contributed by atoms with Crippen molar-refractivity contribution in [3.05, 3.63) is 41.2 Å². The summed E-state index contributed by atoms with van der Waals surface area (Å²) in [6.07, 6.45) is -0.0192. The number of likely N-dealkylation sites (tertiary alicyclic amines) is 1. The van der Waals surface area contributed by atoms with Crippen LogP contribution in [0.2, 0.25) is 0 Å². The third kappa shape index (κ3) is 4.72. The zero-order valence-electron chi connectivity index (χ0n) is 22.0. The lowest BCUT2D eigenvalue weighted by molar-refractivity contribution is -0.153. The highest BCUT2D eigenvalue weighted by Gasteiger charge is 2.59. The van der Waals surface area contributed by atoms with Gasteiger partial charge in [-0.05, 0) is 43.7 Å². The van der Waals surface area contributed by atoms with Gasteiger partial charge in [-0.3, -0.25) is 28.9 Å². The first-order valence-corrected chi connectivity index (χ1v) is 12.9. The molecule has 1 spiro atoms. The molecule has 2 aliphatic heterocycles. The number of hydrogen-bond donors (Lipinski definition) is 2. The van der Waals surface area contributed by atoms with Gasteiger partial charge in [0.15, 0.2) is 0 Å². The number of alkyl halides is 2. The molecule has 0 unspecified atom stereocenters. The number of amides is 4. The SMILES string of the molecule is [C-]#[N+][C@@H]1C[C@@]2(CN1C(=O)[C@H](CC(C)C)N(C)C(=O)[C@H](C)NC(=O)C(F)(F)C1CC1)C(=O)Nc1ccccc12. The molecule has 2 N–H and O–H groups in total. The molecule has 11 heteroatoms. The minimum absolute atomic E-state index is 0.0156. The van der Waals surface area contributed by atoms with E-state index in [9.17, 15) is 28.0 Å². The van der Waals surface area contributed by atoms with Gasteiger partial charge in [0.25, 0.3) is 11.8 Å². The minimum Gasteiger partial charge on any atom is -0.339 e. The zero-order valence-corrected chi connectivity index (χ0v) is 22.0. The first kappa shape index (κ1) is 27.5. The maximum absolute atomic E-state index is 14.2. The van der Waals surface area contributed by atoms with E-state index in [0.29, 0.717) is 5.69 Å². The van der Waals surface area contributed by atoms with E-state index < -0.39 is 53.2 Å². The molecule has 1 aromatic rings. The first-order chi connectivity index (χ1) is 17.8. The van der Waals surface area contributed by atoms with Crippen LogP contribution in [0.25, 0.3) is 4.85 Å². The smallest absolute Gasteiger partial charge is 0.327 e. The number of likely N-dealkylation sites (N-methyl/N-ethyl adjacent to an activating group) is 1. The van der Waals surface area contributed by atoms with Crippen molar-refractivity contribution in [2.45, 2.75) is 76.0 Å². The summed E-state index contributed by atoms with van der Waals surface area (Å²) in [5.74, 6) is -7.55. The van der Waals surface area contributed by atoms with Gasteiger partial charge >= 0.3 is 12.1 Å². The Morgan fingerprint density at radius 3 is 2.53 bits per heavy atom. The van der Waals surface area contributed by atoms with E-state index in [4.69, 9.17) is 6.57 Å². The van der Waals surface area contributed by atoms with Crippen LogP contribution in [0.1, 0.15) is 52.0 Å². The van der Waals surface area contributed by atoms with Crippen molar-refractivity contribution in [2.75, 3.05) is 18.9 Å². The van der Waals surface area contributed by atoms with E-state index >= 15 is 0 Å². The first-order valence-electron chi connectivity index (χ1n) is 12.9. The third-order valence-corrected chi connectivity index (χ3v) is 7.79. The second-order valence-electron chi connectivity index (χ2n) is 11.0. The fraction of sp³-hybridized carbons (Fsp3) is 0.593. The standard InChI is InChI=1S/C27H33F2N5O4/c1-15(2)12-20(33(5)22(35)16(3)31-25(38)27(28,29)17-10-11-17)23(36)34-14-26(13-21(34)30-4)18-8-6-7-9-19(18)32-24(26)37/h6-9,15-17,20-21H,10-14H2,1-3,5H3,(H,31,38)(H,32,37)/t16-,20-,21-,26-/m0/s1. The Kier molecular flexibility index (Phi) is 7.21. The van der Waals surface area contributed by atoms with Crippen molar-refractivity contribution >= 4 is 29.3 Å². The summed E-state index contributed by atoms with van der Waals surface area (Å²) < 4.78 is 28.4. The molecule has 4 amide bonds. The molecule has 4 atom stereocenters. The van der Waals surface area contributed by atoms with E-state index in [0.717, 1.165) is 10.5 Å². The average Bonchev–Trinajstić information content (AvgIpc) is 3.62. The number of carbonyl (C=O) groups is 4. The Labute approximate surface area is 220 Å². The Hall–Kier alpha value is -3.55. The van der Waals surface area contributed by atoms with Crippen molar-refractivity contribution in [3.63, 3.8) is 0 Å². The topological polar surface area (TPSA) is 103 Å². The second-order valence-corrected chi connectivity index (χ2v) is 11.0. The van der Waals surface area contributed by atoms with Crippen LogP contribution in [0.5, 0.6) is 0 Å². The molecule has 1 aromatic carbocycles. The van der Waals surface area contributed by atoms with Gasteiger partial charge in [-0.1, -0.05) is 32.0 Å². The van der Waals surface area contributed by atoms with Gasteiger partial charge < -0.3 is 15.5 Å². The largest absolute Gasteiger partial charge is 0.339 e. The molecule has 9 nitrogen and oxygen atoms in total. The number of fused-ring (bicyclic) bond motifs is 2. The lowest BCUT2D eigenvalue weighted by Crippen LogP contribution is -2.57. The number of hydrogen-bond acceptors (Lipinski definition) is 4. The molecule has 0 aromatic heterocycles. The van der Waals surface area contributed by atoms with Crippen LogP contribution in [0.3, 0.4) is 0 Å². The molecular formula is C27H33F2N5O4. The molecule has 0 radical (unpaired) electrons. The summed E-state index contributed by atoms with van der Waals surface area (Å²) in [7, 11) is 1.39. The van der Waals surface area contributed by atoms with Crippen LogP contribution in [-0.2, 0) is 24.6 Å². The molecule has 2 heterocycles.